The van der Waals surface area contributed by atoms with Gasteiger partial charge in [0.1, 0.15) is 0 Å². The fraction of sp³-hybridized carbons (Fsp3) is 0.364. The Hall–Kier alpha value is -3.24. The molecule has 2 amide bonds. The molecule has 0 aliphatic carbocycles. The van der Waals surface area contributed by atoms with E-state index in [9.17, 15) is 29.8 Å². The fourth-order valence-corrected chi connectivity index (χ4v) is 3.56. The lowest BCUT2D eigenvalue weighted by Crippen LogP contribution is -2.25. The fourth-order valence-electron chi connectivity index (χ4n) is 3.15. The third-order valence-electron chi connectivity index (χ3n) is 4.99. The first-order valence-corrected chi connectivity index (χ1v) is 11.4. The zero-order chi connectivity index (χ0) is 25.1. The Morgan fingerprint density at radius 1 is 0.676 bits per heavy atom. The zero-order valence-electron chi connectivity index (χ0n) is 18.2. The molecule has 0 fully saturated rings. The van der Waals surface area contributed by atoms with Crippen molar-refractivity contribution in [3.05, 3.63) is 77.8 Å². The van der Waals surface area contributed by atoms with Crippen molar-refractivity contribution in [1.29, 1.82) is 0 Å². The van der Waals surface area contributed by atoms with E-state index in [-0.39, 0.29) is 32.5 Å². The highest BCUT2D eigenvalue weighted by molar-refractivity contribution is 6.34. The molecular formula is C22H24Cl2N4O6. The molecular weight excluding hydrogens is 487 g/mol. The maximum Gasteiger partial charge on any atom is 0.270 e. The van der Waals surface area contributed by atoms with Gasteiger partial charge in [-0.15, -0.1) is 0 Å². The minimum absolute atomic E-state index is 0.0734. The third kappa shape index (κ3) is 8.27. The van der Waals surface area contributed by atoms with Crippen LogP contribution in [0.3, 0.4) is 0 Å². The third-order valence-corrected chi connectivity index (χ3v) is 5.64. The van der Waals surface area contributed by atoms with E-state index < -0.39 is 21.7 Å². The number of amides is 2. The smallest absolute Gasteiger partial charge is 0.270 e. The van der Waals surface area contributed by atoms with E-state index in [1.165, 1.54) is 24.3 Å². The number of rotatable bonds is 13. The highest BCUT2D eigenvalue weighted by Gasteiger charge is 2.16. The molecule has 34 heavy (non-hydrogen) atoms. The SMILES string of the molecule is O=C(NCCCCCCCCNC(=O)c1cc([N+](=O)[O-])ccc1Cl)c1cc([N+](=O)[O-])ccc1Cl. The molecule has 2 rings (SSSR count). The van der Waals surface area contributed by atoms with Gasteiger partial charge in [0.2, 0.25) is 0 Å². The molecule has 0 saturated carbocycles. The first kappa shape index (κ1) is 27.0. The van der Waals surface area contributed by atoms with Gasteiger partial charge in [-0.2, -0.15) is 0 Å². The van der Waals surface area contributed by atoms with Gasteiger partial charge in [0.05, 0.1) is 31.0 Å². The second kappa shape index (κ2) is 13.5. The van der Waals surface area contributed by atoms with Crippen molar-refractivity contribution in [3.63, 3.8) is 0 Å². The monoisotopic (exact) mass is 510 g/mol. The van der Waals surface area contributed by atoms with Gasteiger partial charge >= 0.3 is 0 Å². The van der Waals surface area contributed by atoms with Crippen LogP contribution in [-0.2, 0) is 0 Å². The topological polar surface area (TPSA) is 144 Å². The second-order valence-corrected chi connectivity index (χ2v) is 8.29. The van der Waals surface area contributed by atoms with Crippen molar-refractivity contribution in [3.8, 4) is 0 Å². The Balaban J connectivity index is 1.58. The average Bonchev–Trinajstić information content (AvgIpc) is 2.80. The van der Waals surface area contributed by atoms with Gasteiger partial charge in [0.25, 0.3) is 23.2 Å². The molecule has 0 unspecified atom stereocenters. The molecule has 2 aromatic carbocycles. The molecule has 12 heteroatoms. The van der Waals surface area contributed by atoms with Crippen LogP contribution in [0.15, 0.2) is 36.4 Å². The van der Waals surface area contributed by atoms with Crippen LogP contribution in [0.5, 0.6) is 0 Å². The maximum absolute atomic E-state index is 12.2. The molecule has 0 aliphatic heterocycles. The van der Waals surface area contributed by atoms with Crippen molar-refractivity contribution in [2.45, 2.75) is 38.5 Å². The summed E-state index contributed by atoms with van der Waals surface area (Å²) in [6.07, 6.45) is 5.16. The van der Waals surface area contributed by atoms with Gasteiger partial charge in [0, 0.05) is 37.4 Å². The quantitative estimate of drug-likeness (QED) is 0.212. The predicted octanol–water partition coefficient (Wildman–Crippen LogP) is 5.31. The van der Waals surface area contributed by atoms with Gasteiger partial charge in [-0.25, -0.2) is 0 Å². The molecule has 0 aliphatic rings. The summed E-state index contributed by atoms with van der Waals surface area (Å²) in [7, 11) is 0. The molecule has 0 saturated heterocycles. The molecule has 10 nitrogen and oxygen atoms in total. The maximum atomic E-state index is 12.2. The van der Waals surface area contributed by atoms with E-state index in [1.54, 1.807) is 0 Å². The van der Waals surface area contributed by atoms with Gasteiger partial charge in [0.15, 0.2) is 0 Å². The minimum atomic E-state index is -0.582. The van der Waals surface area contributed by atoms with Crippen LogP contribution in [-0.4, -0.2) is 34.8 Å². The number of carbonyl (C=O) groups is 2. The number of nitrogens with one attached hydrogen (secondary N) is 2. The van der Waals surface area contributed by atoms with Gasteiger partial charge in [-0.1, -0.05) is 48.9 Å². The van der Waals surface area contributed by atoms with Crippen LogP contribution in [0.2, 0.25) is 10.0 Å². The van der Waals surface area contributed by atoms with Gasteiger partial charge in [-0.3, -0.25) is 29.8 Å². The number of unbranched alkanes of at least 4 members (excludes halogenated alkanes) is 5. The molecule has 0 spiro atoms. The lowest BCUT2D eigenvalue weighted by Gasteiger charge is -2.08. The lowest BCUT2D eigenvalue weighted by molar-refractivity contribution is -0.385. The number of hydrogen-bond acceptors (Lipinski definition) is 6. The number of hydrogen-bond donors (Lipinski definition) is 2. The number of nitrogens with zero attached hydrogens (tertiary/aromatic N) is 2. The Bertz CT molecular complexity index is 980. The number of carbonyl (C=O) groups excluding carboxylic acids is 2. The summed E-state index contributed by atoms with van der Waals surface area (Å²) < 4.78 is 0. The molecule has 0 radical (unpaired) electrons. The van der Waals surface area contributed by atoms with Crippen molar-refractivity contribution in [2.24, 2.45) is 0 Å². The van der Waals surface area contributed by atoms with Crippen LogP contribution in [0.25, 0.3) is 0 Å². The van der Waals surface area contributed by atoms with Crippen LogP contribution >= 0.6 is 23.2 Å². The molecule has 0 aromatic heterocycles. The van der Waals surface area contributed by atoms with Crippen LogP contribution in [0, 0.1) is 20.2 Å². The molecule has 2 N–H and O–H groups in total. The highest BCUT2D eigenvalue weighted by Crippen LogP contribution is 2.23. The summed E-state index contributed by atoms with van der Waals surface area (Å²) in [6.45, 7) is 0.857. The van der Waals surface area contributed by atoms with Gasteiger partial charge < -0.3 is 10.6 Å². The van der Waals surface area contributed by atoms with E-state index in [0.29, 0.717) is 13.1 Å². The number of benzene rings is 2. The Morgan fingerprint density at radius 3 is 1.38 bits per heavy atom. The molecule has 0 heterocycles. The largest absolute Gasteiger partial charge is 0.352 e. The van der Waals surface area contributed by atoms with Crippen LogP contribution < -0.4 is 10.6 Å². The van der Waals surface area contributed by atoms with E-state index in [2.05, 4.69) is 10.6 Å². The Kier molecular flexibility index (Phi) is 10.7. The molecule has 0 atom stereocenters. The zero-order valence-corrected chi connectivity index (χ0v) is 19.7. The number of non-ortho nitro benzene ring substituents is 2. The first-order valence-electron chi connectivity index (χ1n) is 10.6. The number of nitro groups is 2. The molecule has 2 aromatic rings. The number of nitro benzene ring substituents is 2. The minimum Gasteiger partial charge on any atom is -0.352 e. The van der Waals surface area contributed by atoms with E-state index in [0.717, 1.165) is 50.7 Å². The summed E-state index contributed by atoms with van der Waals surface area (Å²) in [5, 5.41) is 27.4. The first-order chi connectivity index (χ1) is 16.2. The standard InChI is InChI=1S/C22H24Cl2N4O6/c23-19-9-7-15(27(31)32)13-17(19)21(29)25-11-5-3-1-2-4-6-12-26-22(30)18-14-16(28(33)34)8-10-20(18)24/h7-10,13-14H,1-6,11-12H2,(H,25,29)(H,26,30). The molecule has 0 bridgehead atoms. The van der Waals surface area contributed by atoms with E-state index >= 15 is 0 Å². The van der Waals surface area contributed by atoms with Crippen LogP contribution in [0.4, 0.5) is 11.4 Å². The summed E-state index contributed by atoms with van der Waals surface area (Å²) in [5.74, 6) is -0.901. The van der Waals surface area contributed by atoms with Crippen molar-refractivity contribution in [1.82, 2.24) is 10.6 Å². The van der Waals surface area contributed by atoms with Crippen molar-refractivity contribution < 1.29 is 19.4 Å². The summed E-state index contributed by atoms with van der Waals surface area (Å²) in [4.78, 5) is 44.9. The number of halogens is 2. The predicted molar refractivity (Wildman–Crippen MR) is 129 cm³/mol. The lowest BCUT2D eigenvalue weighted by atomic mass is 10.1. The summed E-state index contributed by atoms with van der Waals surface area (Å²) in [6, 6.07) is 7.46. The van der Waals surface area contributed by atoms with Gasteiger partial charge in [-0.05, 0) is 25.0 Å². The Morgan fingerprint density at radius 2 is 1.03 bits per heavy atom. The van der Waals surface area contributed by atoms with E-state index in [1.807, 2.05) is 0 Å². The average molecular weight is 511 g/mol. The van der Waals surface area contributed by atoms with Crippen molar-refractivity contribution >= 4 is 46.4 Å². The molecule has 182 valence electrons. The highest BCUT2D eigenvalue weighted by atomic mass is 35.5. The van der Waals surface area contributed by atoms with E-state index in [4.69, 9.17) is 23.2 Å². The second-order valence-electron chi connectivity index (χ2n) is 7.48. The van der Waals surface area contributed by atoms with Crippen LogP contribution in [0.1, 0.15) is 59.2 Å². The summed E-state index contributed by atoms with van der Waals surface area (Å²) in [5.41, 5.74) is -0.244. The summed E-state index contributed by atoms with van der Waals surface area (Å²) >= 11 is 11.9. The normalized spacial score (nSPS) is 10.5. The van der Waals surface area contributed by atoms with Crippen molar-refractivity contribution in [2.75, 3.05) is 13.1 Å². The Labute approximate surface area is 205 Å².